The zero-order valence-electron chi connectivity index (χ0n) is 8.76. The number of halogens is 5. The lowest BCUT2D eigenvalue weighted by atomic mass is 10.1. The molecule has 0 atom stereocenters. The van der Waals surface area contributed by atoms with Crippen molar-refractivity contribution in [2.75, 3.05) is 0 Å². The van der Waals surface area contributed by atoms with Gasteiger partial charge in [-0.25, -0.2) is 9.37 Å². The molecule has 0 unspecified atom stereocenters. The van der Waals surface area contributed by atoms with E-state index in [1.165, 1.54) is 6.26 Å². The van der Waals surface area contributed by atoms with Gasteiger partial charge in [0.1, 0.15) is 12.1 Å². The predicted molar refractivity (Wildman–Crippen MR) is 56.5 cm³/mol. The van der Waals surface area contributed by atoms with Crippen molar-refractivity contribution < 1.29 is 22.0 Å². The third-order valence-electron chi connectivity index (χ3n) is 2.21. The van der Waals surface area contributed by atoms with Crippen molar-refractivity contribution in [2.24, 2.45) is 0 Å². The molecule has 0 aliphatic carbocycles. The van der Waals surface area contributed by atoms with Crippen LogP contribution in [0.15, 0.2) is 28.9 Å². The summed E-state index contributed by atoms with van der Waals surface area (Å²) < 4.78 is 55.5. The van der Waals surface area contributed by atoms with Crippen LogP contribution in [0.2, 0.25) is 0 Å². The Labute approximate surface area is 104 Å². The predicted octanol–water partition coefficient (Wildman–Crippen LogP) is 4.24. The van der Waals surface area contributed by atoms with Crippen LogP contribution in [0.4, 0.5) is 17.6 Å². The van der Waals surface area contributed by atoms with Gasteiger partial charge in [0.2, 0.25) is 5.89 Å². The van der Waals surface area contributed by atoms with Gasteiger partial charge in [-0.15, -0.1) is 11.6 Å². The maximum absolute atomic E-state index is 13.1. The molecule has 0 fully saturated rings. The largest absolute Gasteiger partial charge is 0.444 e. The second-order valence-electron chi connectivity index (χ2n) is 3.47. The van der Waals surface area contributed by atoms with Crippen molar-refractivity contribution in [3.8, 4) is 11.5 Å². The first-order valence-corrected chi connectivity index (χ1v) is 5.33. The number of oxazole rings is 1. The minimum atomic E-state index is -4.76. The Balaban J connectivity index is 2.47. The summed E-state index contributed by atoms with van der Waals surface area (Å²) in [6.07, 6.45) is -3.53. The van der Waals surface area contributed by atoms with Crippen LogP contribution in [0.1, 0.15) is 11.3 Å². The van der Waals surface area contributed by atoms with E-state index in [1.807, 2.05) is 0 Å². The number of hydrogen-bond donors (Lipinski definition) is 0. The number of hydrogen-bond acceptors (Lipinski definition) is 2. The van der Waals surface area contributed by atoms with E-state index in [2.05, 4.69) is 4.98 Å². The highest BCUT2D eigenvalue weighted by molar-refractivity contribution is 6.16. The van der Waals surface area contributed by atoms with Gasteiger partial charge in [0.05, 0.1) is 17.1 Å². The van der Waals surface area contributed by atoms with Crippen molar-refractivity contribution in [1.29, 1.82) is 0 Å². The maximum Gasteiger partial charge on any atom is 0.419 e. The third-order valence-corrected chi connectivity index (χ3v) is 2.48. The number of aromatic nitrogens is 1. The lowest BCUT2D eigenvalue weighted by molar-refractivity contribution is -0.139. The fourth-order valence-electron chi connectivity index (χ4n) is 1.38. The first-order chi connectivity index (χ1) is 8.41. The van der Waals surface area contributed by atoms with Crippen LogP contribution < -0.4 is 0 Å². The average molecular weight is 280 g/mol. The SMILES string of the molecule is Fc1ccc(-c2nc(CCl)co2)cc1C(F)(F)F. The Morgan fingerprint density at radius 2 is 2.00 bits per heavy atom. The molecule has 0 saturated heterocycles. The molecule has 0 aliphatic heterocycles. The quantitative estimate of drug-likeness (QED) is 0.607. The molecule has 18 heavy (non-hydrogen) atoms. The first-order valence-electron chi connectivity index (χ1n) is 4.79. The molecule has 1 aromatic heterocycles. The molecule has 1 heterocycles. The Bertz CT molecular complexity index is 564. The first kappa shape index (κ1) is 12.9. The summed E-state index contributed by atoms with van der Waals surface area (Å²) in [4.78, 5) is 3.86. The summed E-state index contributed by atoms with van der Waals surface area (Å²) in [6.45, 7) is 0. The fraction of sp³-hybridized carbons (Fsp3) is 0.182. The van der Waals surface area contributed by atoms with Gasteiger partial charge in [-0.2, -0.15) is 13.2 Å². The number of benzene rings is 1. The summed E-state index contributed by atoms with van der Waals surface area (Å²) in [5.41, 5.74) is -0.921. The molecule has 0 aliphatic rings. The molecule has 0 saturated carbocycles. The minimum absolute atomic E-state index is 0.0313. The second-order valence-corrected chi connectivity index (χ2v) is 3.74. The van der Waals surface area contributed by atoms with E-state index in [0.717, 1.165) is 12.1 Å². The van der Waals surface area contributed by atoms with E-state index >= 15 is 0 Å². The van der Waals surface area contributed by atoms with E-state index in [1.54, 1.807) is 0 Å². The van der Waals surface area contributed by atoms with Gasteiger partial charge in [0.25, 0.3) is 0 Å². The summed E-state index contributed by atoms with van der Waals surface area (Å²) in [7, 11) is 0. The van der Waals surface area contributed by atoms with Crippen LogP contribution in [-0.4, -0.2) is 4.98 Å². The van der Waals surface area contributed by atoms with Crippen LogP contribution in [0.25, 0.3) is 11.5 Å². The minimum Gasteiger partial charge on any atom is -0.444 e. The van der Waals surface area contributed by atoms with Gasteiger partial charge < -0.3 is 4.42 Å². The summed E-state index contributed by atoms with van der Waals surface area (Å²) >= 11 is 5.49. The molecule has 2 aromatic rings. The zero-order chi connectivity index (χ0) is 13.3. The monoisotopic (exact) mass is 279 g/mol. The standard InChI is InChI=1S/C11H6ClF4NO/c12-4-7-5-18-10(17-7)6-1-2-9(13)8(3-6)11(14,15)16/h1-3,5H,4H2. The third kappa shape index (κ3) is 2.48. The van der Waals surface area contributed by atoms with Gasteiger partial charge in [-0.1, -0.05) is 0 Å². The highest BCUT2D eigenvalue weighted by Gasteiger charge is 2.34. The number of nitrogens with zero attached hydrogens (tertiary/aromatic N) is 1. The van der Waals surface area contributed by atoms with Crippen LogP contribution in [0.5, 0.6) is 0 Å². The van der Waals surface area contributed by atoms with Crippen molar-refractivity contribution in [2.45, 2.75) is 12.1 Å². The number of alkyl halides is 4. The zero-order valence-corrected chi connectivity index (χ0v) is 9.52. The molecule has 1 aromatic carbocycles. The van der Waals surface area contributed by atoms with Crippen molar-refractivity contribution in [1.82, 2.24) is 4.98 Å². The van der Waals surface area contributed by atoms with E-state index in [9.17, 15) is 17.6 Å². The van der Waals surface area contributed by atoms with Crippen molar-refractivity contribution >= 4 is 11.6 Å². The molecular weight excluding hydrogens is 274 g/mol. The Hall–Kier alpha value is -1.56. The highest BCUT2D eigenvalue weighted by atomic mass is 35.5. The molecule has 2 nitrogen and oxygen atoms in total. The Morgan fingerprint density at radius 1 is 1.28 bits per heavy atom. The van der Waals surface area contributed by atoms with Crippen LogP contribution in [0, 0.1) is 5.82 Å². The Morgan fingerprint density at radius 3 is 2.56 bits per heavy atom. The molecule has 0 amide bonds. The maximum atomic E-state index is 13.1. The van der Waals surface area contributed by atoms with Crippen LogP contribution in [0.3, 0.4) is 0 Å². The highest BCUT2D eigenvalue weighted by Crippen LogP contribution is 2.34. The molecule has 0 spiro atoms. The van der Waals surface area contributed by atoms with Gasteiger partial charge >= 0.3 is 6.18 Å². The van der Waals surface area contributed by atoms with E-state index < -0.39 is 17.6 Å². The molecule has 0 N–H and O–H groups in total. The molecule has 7 heteroatoms. The molecule has 2 rings (SSSR count). The van der Waals surface area contributed by atoms with E-state index in [0.29, 0.717) is 11.8 Å². The topological polar surface area (TPSA) is 26.0 Å². The van der Waals surface area contributed by atoms with Crippen LogP contribution >= 0.6 is 11.6 Å². The van der Waals surface area contributed by atoms with Crippen molar-refractivity contribution in [3.63, 3.8) is 0 Å². The van der Waals surface area contributed by atoms with E-state index in [-0.39, 0.29) is 17.3 Å². The van der Waals surface area contributed by atoms with Gasteiger partial charge in [-0.05, 0) is 18.2 Å². The fourth-order valence-corrected chi connectivity index (χ4v) is 1.50. The molecule has 0 bridgehead atoms. The summed E-state index contributed by atoms with van der Waals surface area (Å²) in [6, 6.07) is 2.54. The Kier molecular flexibility index (Phi) is 3.30. The molecule has 96 valence electrons. The lowest BCUT2D eigenvalue weighted by Crippen LogP contribution is -2.08. The van der Waals surface area contributed by atoms with Gasteiger partial charge in [-0.3, -0.25) is 0 Å². The number of rotatable bonds is 2. The smallest absolute Gasteiger partial charge is 0.419 e. The lowest BCUT2D eigenvalue weighted by Gasteiger charge is -2.08. The van der Waals surface area contributed by atoms with Gasteiger partial charge in [0, 0.05) is 5.56 Å². The second kappa shape index (κ2) is 4.61. The van der Waals surface area contributed by atoms with Crippen LogP contribution in [-0.2, 0) is 12.1 Å². The molecular formula is C11H6ClF4NO. The normalized spacial score (nSPS) is 11.8. The average Bonchev–Trinajstić information content (AvgIpc) is 2.76. The van der Waals surface area contributed by atoms with Gasteiger partial charge in [0.15, 0.2) is 0 Å². The summed E-state index contributed by atoms with van der Waals surface area (Å²) in [5, 5.41) is 0. The summed E-state index contributed by atoms with van der Waals surface area (Å²) in [5.74, 6) is -1.29. The van der Waals surface area contributed by atoms with E-state index in [4.69, 9.17) is 16.0 Å². The van der Waals surface area contributed by atoms with Crippen molar-refractivity contribution in [3.05, 3.63) is 41.5 Å². The molecule has 0 radical (unpaired) electrons.